The molecule has 0 heterocycles. The fraction of sp³-hybridized carbons (Fsp3) is 0.909. The predicted octanol–water partition coefficient (Wildman–Crippen LogP) is 1.49. The van der Waals surface area contributed by atoms with Crippen LogP contribution < -0.4 is 0 Å². The van der Waals surface area contributed by atoms with E-state index in [1.165, 1.54) is 20.0 Å². The molecule has 1 unspecified atom stereocenters. The highest BCUT2D eigenvalue weighted by atomic mass is 32.2. The maximum atomic E-state index is 11.8. The normalized spacial score (nSPS) is 24.6. The van der Waals surface area contributed by atoms with Crippen LogP contribution in [0, 0.1) is 11.3 Å². The second kappa shape index (κ2) is 4.24. The van der Waals surface area contributed by atoms with Crippen LogP contribution in [0.2, 0.25) is 0 Å². The van der Waals surface area contributed by atoms with Crippen molar-refractivity contribution in [2.45, 2.75) is 32.1 Å². The van der Waals surface area contributed by atoms with Crippen LogP contribution in [0.15, 0.2) is 0 Å². The van der Waals surface area contributed by atoms with E-state index in [0.29, 0.717) is 18.1 Å². The lowest BCUT2D eigenvalue weighted by molar-refractivity contribution is -0.141. The molecule has 0 amide bonds. The molecule has 0 aromatic heterocycles. The van der Waals surface area contributed by atoms with E-state index in [2.05, 4.69) is 4.74 Å². The maximum absolute atomic E-state index is 11.8. The third-order valence-electron chi connectivity index (χ3n) is 3.29. The number of esters is 1. The van der Waals surface area contributed by atoms with E-state index in [0.717, 1.165) is 18.6 Å². The Bertz CT molecular complexity index is 280. The van der Waals surface area contributed by atoms with Gasteiger partial charge in [0.2, 0.25) is 0 Å². The van der Waals surface area contributed by atoms with Gasteiger partial charge in [0.15, 0.2) is 0 Å². The SMILES string of the molecule is COC(=O)CC1(CS(=O)CC2CC2)CC1. The summed E-state index contributed by atoms with van der Waals surface area (Å²) in [6.45, 7) is 0. The van der Waals surface area contributed by atoms with Crippen molar-refractivity contribution in [3.8, 4) is 0 Å². The molecular formula is C11H18O3S. The highest BCUT2D eigenvalue weighted by molar-refractivity contribution is 7.85. The van der Waals surface area contributed by atoms with E-state index in [4.69, 9.17) is 0 Å². The van der Waals surface area contributed by atoms with Gasteiger partial charge < -0.3 is 4.74 Å². The third kappa shape index (κ3) is 3.30. The van der Waals surface area contributed by atoms with Gasteiger partial charge in [-0.3, -0.25) is 9.00 Å². The Morgan fingerprint density at radius 1 is 1.47 bits per heavy atom. The van der Waals surface area contributed by atoms with Gasteiger partial charge in [0, 0.05) is 22.3 Å². The fourth-order valence-corrected chi connectivity index (χ4v) is 3.93. The lowest BCUT2D eigenvalue weighted by atomic mass is 10.1. The number of hydrogen-bond acceptors (Lipinski definition) is 3. The van der Waals surface area contributed by atoms with Gasteiger partial charge in [0.25, 0.3) is 0 Å². The van der Waals surface area contributed by atoms with E-state index in [1.807, 2.05) is 0 Å². The van der Waals surface area contributed by atoms with Crippen LogP contribution in [-0.4, -0.2) is 28.8 Å². The summed E-state index contributed by atoms with van der Waals surface area (Å²) in [5, 5.41) is 0. The van der Waals surface area contributed by atoms with E-state index in [-0.39, 0.29) is 11.4 Å². The summed E-state index contributed by atoms with van der Waals surface area (Å²) in [5.41, 5.74) is 0.0346. The van der Waals surface area contributed by atoms with Gasteiger partial charge in [-0.25, -0.2) is 0 Å². The smallest absolute Gasteiger partial charge is 0.306 e. The molecule has 2 aliphatic rings. The van der Waals surface area contributed by atoms with Gasteiger partial charge in [-0.05, 0) is 37.0 Å². The standard InChI is InChI=1S/C11H18O3S/c1-14-10(12)6-11(4-5-11)8-15(13)7-9-2-3-9/h9H,2-8H2,1H3. The number of methoxy groups -OCH3 is 1. The zero-order valence-corrected chi connectivity index (χ0v) is 9.98. The van der Waals surface area contributed by atoms with Crippen LogP contribution >= 0.6 is 0 Å². The molecule has 0 bridgehead atoms. The summed E-state index contributed by atoms with van der Waals surface area (Å²) in [5.74, 6) is 2.11. The summed E-state index contributed by atoms with van der Waals surface area (Å²) in [4.78, 5) is 11.2. The van der Waals surface area contributed by atoms with Crippen molar-refractivity contribution < 1.29 is 13.7 Å². The largest absolute Gasteiger partial charge is 0.469 e. The van der Waals surface area contributed by atoms with Crippen molar-refractivity contribution in [2.75, 3.05) is 18.6 Å². The Morgan fingerprint density at radius 2 is 2.13 bits per heavy atom. The van der Waals surface area contributed by atoms with Crippen LogP contribution in [0.4, 0.5) is 0 Å². The quantitative estimate of drug-likeness (QED) is 0.649. The van der Waals surface area contributed by atoms with Gasteiger partial charge in [-0.1, -0.05) is 0 Å². The van der Waals surface area contributed by atoms with Crippen LogP contribution in [0.3, 0.4) is 0 Å². The molecule has 2 rings (SSSR count). The molecule has 15 heavy (non-hydrogen) atoms. The topological polar surface area (TPSA) is 43.4 Å². The molecule has 3 nitrogen and oxygen atoms in total. The molecule has 0 aromatic carbocycles. The first-order chi connectivity index (χ1) is 7.13. The van der Waals surface area contributed by atoms with Crippen molar-refractivity contribution in [2.24, 2.45) is 11.3 Å². The van der Waals surface area contributed by atoms with Crippen LogP contribution in [0.25, 0.3) is 0 Å². The molecule has 4 heteroatoms. The Hall–Kier alpha value is -0.380. The minimum Gasteiger partial charge on any atom is -0.469 e. The minimum atomic E-state index is -0.721. The molecule has 0 radical (unpaired) electrons. The van der Waals surface area contributed by atoms with Crippen molar-refractivity contribution in [3.05, 3.63) is 0 Å². The molecule has 2 aliphatic carbocycles. The zero-order valence-electron chi connectivity index (χ0n) is 9.16. The zero-order chi connectivity index (χ0) is 10.9. The first-order valence-electron chi connectivity index (χ1n) is 5.55. The van der Waals surface area contributed by atoms with E-state index >= 15 is 0 Å². The summed E-state index contributed by atoms with van der Waals surface area (Å²) >= 11 is 0. The average Bonchev–Trinajstić information content (AvgIpc) is 3.05. The minimum absolute atomic E-state index is 0.0346. The van der Waals surface area contributed by atoms with E-state index in [9.17, 15) is 9.00 Å². The summed E-state index contributed by atoms with van der Waals surface area (Å²) < 4.78 is 16.4. The van der Waals surface area contributed by atoms with Crippen molar-refractivity contribution >= 4 is 16.8 Å². The van der Waals surface area contributed by atoms with Crippen LogP contribution in [0.5, 0.6) is 0 Å². The molecule has 0 aliphatic heterocycles. The van der Waals surface area contributed by atoms with Gasteiger partial charge in [0.1, 0.15) is 0 Å². The Labute approximate surface area is 93.0 Å². The maximum Gasteiger partial charge on any atom is 0.306 e. The highest BCUT2D eigenvalue weighted by Crippen LogP contribution is 2.50. The number of hydrogen-bond donors (Lipinski definition) is 0. The number of carbonyl (C=O) groups excluding carboxylic acids is 1. The predicted molar refractivity (Wildman–Crippen MR) is 58.9 cm³/mol. The number of rotatable bonds is 6. The second-order valence-electron chi connectivity index (χ2n) is 4.95. The summed E-state index contributed by atoms with van der Waals surface area (Å²) in [6, 6.07) is 0. The third-order valence-corrected chi connectivity index (χ3v) is 5.07. The first kappa shape index (κ1) is 11.1. The molecule has 1 atom stereocenters. The van der Waals surface area contributed by atoms with E-state index in [1.54, 1.807) is 0 Å². The van der Waals surface area contributed by atoms with E-state index < -0.39 is 10.8 Å². The van der Waals surface area contributed by atoms with Crippen molar-refractivity contribution in [1.29, 1.82) is 0 Å². The summed E-state index contributed by atoms with van der Waals surface area (Å²) in [7, 11) is 0.695. The fourth-order valence-electron chi connectivity index (χ4n) is 1.88. The molecule has 2 saturated carbocycles. The van der Waals surface area contributed by atoms with Gasteiger partial charge in [-0.2, -0.15) is 0 Å². The summed E-state index contributed by atoms with van der Waals surface area (Å²) in [6.07, 6.45) is 5.03. The Balaban J connectivity index is 1.76. The molecule has 2 fully saturated rings. The molecule has 0 aromatic rings. The monoisotopic (exact) mass is 230 g/mol. The van der Waals surface area contributed by atoms with Crippen molar-refractivity contribution in [1.82, 2.24) is 0 Å². The Morgan fingerprint density at radius 3 is 2.60 bits per heavy atom. The molecule has 0 spiro atoms. The lowest BCUT2D eigenvalue weighted by Crippen LogP contribution is -2.19. The van der Waals surface area contributed by atoms with Crippen LogP contribution in [-0.2, 0) is 20.3 Å². The molecular weight excluding hydrogens is 212 g/mol. The second-order valence-corrected chi connectivity index (χ2v) is 6.45. The van der Waals surface area contributed by atoms with Gasteiger partial charge in [-0.15, -0.1) is 0 Å². The molecule has 0 saturated heterocycles. The Kier molecular flexibility index (Phi) is 3.14. The van der Waals surface area contributed by atoms with Gasteiger partial charge >= 0.3 is 5.97 Å². The van der Waals surface area contributed by atoms with Gasteiger partial charge in [0.05, 0.1) is 13.5 Å². The lowest BCUT2D eigenvalue weighted by Gasteiger charge is -2.12. The molecule has 86 valence electrons. The van der Waals surface area contributed by atoms with Crippen molar-refractivity contribution in [3.63, 3.8) is 0 Å². The first-order valence-corrected chi connectivity index (χ1v) is 7.04. The average molecular weight is 230 g/mol. The number of carbonyl (C=O) groups is 1. The highest BCUT2D eigenvalue weighted by Gasteiger charge is 2.46. The number of ether oxygens (including phenoxy) is 1. The van der Waals surface area contributed by atoms with Crippen LogP contribution in [0.1, 0.15) is 32.1 Å². The molecule has 0 N–H and O–H groups in total.